The van der Waals surface area contributed by atoms with E-state index >= 15 is 0 Å². The van der Waals surface area contributed by atoms with E-state index in [0.717, 1.165) is 16.5 Å². The number of aryl methyl sites for hydroxylation is 1. The molecule has 0 radical (unpaired) electrons. The molecule has 2 aromatic rings. The molecule has 0 bridgehead atoms. The van der Waals surface area contributed by atoms with Crippen molar-refractivity contribution in [3.63, 3.8) is 0 Å². The maximum Gasteiger partial charge on any atom is 0.251 e. The molecule has 0 heterocycles. The number of carbonyl (C=O) groups excluding carboxylic acids is 1. The van der Waals surface area contributed by atoms with Crippen LogP contribution in [-0.4, -0.2) is 11.9 Å². The van der Waals surface area contributed by atoms with Crippen molar-refractivity contribution < 1.29 is 4.79 Å². The Kier molecular flexibility index (Phi) is 4.05. The molecule has 0 aromatic heterocycles. The van der Waals surface area contributed by atoms with Crippen molar-refractivity contribution in [2.24, 2.45) is 0 Å². The summed E-state index contributed by atoms with van der Waals surface area (Å²) in [5, 5.41) is 3.77. The molecule has 1 amide bonds. The Hall–Kier alpha value is -1.32. The van der Waals surface area contributed by atoms with Gasteiger partial charge in [-0.2, -0.15) is 0 Å². The van der Waals surface area contributed by atoms with Crippen LogP contribution in [0.2, 0.25) is 5.02 Å². The maximum atomic E-state index is 12.3. The second kappa shape index (κ2) is 5.82. The van der Waals surface area contributed by atoms with Crippen molar-refractivity contribution in [1.29, 1.82) is 0 Å². The lowest BCUT2D eigenvalue weighted by Gasteiger charge is -2.07. The SMILES string of the molecule is Cc1cc(C(=O)N[C@@H]2C[C@H]2c2ccccc2Br)ccc1Cl. The maximum absolute atomic E-state index is 12.3. The molecule has 1 saturated carbocycles. The number of benzene rings is 2. The molecular weight excluding hydrogens is 350 g/mol. The first-order valence-corrected chi connectivity index (χ1v) is 8.05. The first-order valence-electron chi connectivity index (χ1n) is 6.87. The molecule has 1 N–H and O–H groups in total. The number of amides is 1. The Labute approximate surface area is 137 Å². The highest BCUT2D eigenvalue weighted by molar-refractivity contribution is 9.10. The summed E-state index contributed by atoms with van der Waals surface area (Å²) < 4.78 is 1.11. The molecule has 2 aromatic carbocycles. The third-order valence-electron chi connectivity index (χ3n) is 3.83. The smallest absolute Gasteiger partial charge is 0.251 e. The second-order valence-electron chi connectivity index (χ2n) is 5.41. The van der Waals surface area contributed by atoms with Crippen LogP contribution in [-0.2, 0) is 0 Å². The zero-order valence-electron chi connectivity index (χ0n) is 11.6. The highest BCUT2D eigenvalue weighted by Gasteiger charge is 2.40. The van der Waals surface area contributed by atoms with E-state index < -0.39 is 0 Å². The molecule has 0 spiro atoms. The molecule has 1 aliphatic carbocycles. The van der Waals surface area contributed by atoms with Gasteiger partial charge in [-0.3, -0.25) is 4.79 Å². The molecular formula is C17H15BrClNO. The molecule has 2 nitrogen and oxygen atoms in total. The molecule has 0 unspecified atom stereocenters. The predicted octanol–water partition coefficient (Wildman–Crippen LogP) is 4.70. The van der Waals surface area contributed by atoms with E-state index in [9.17, 15) is 4.79 Å². The summed E-state index contributed by atoms with van der Waals surface area (Å²) in [6.07, 6.45) is 0.987. The molecule has 4 heteroatoms. The Bertz CT molecular complexity index is 701. The number of rotatable bonds is 3. The standard InChI is InChI=1S/C17H15BrClNO/c1-10-8-11(6-7-15(10)19)17(21)20-16-9-13(16)12-4-2-3-5-14(12)18/h2-8,13,16H,9H2,1H3,(H,20,21)/t13-,16+/m0/s1. The molecule has 3 rings (SSSR count). The zero-order chi connectivity index (χ0) is 15.0. The monoisotopic (exact) mass is 363 g/mol. The van der Waals surface area contributed by atoms with Gasteiger partial charge in [-0.25, -0.2) is 0 Å². The van der Waals surface area contributed by atoms with Crippen molar-refractivity contribution in [1.82, 2.24) is 5.32 Å². The van der Waals surface area contributed by atoms with E-state index in [1.54, 1.807) is 12.1 Å². The first kappa shape index (κ1) is 14.6. The Morgan fingerprint density at radius 1 is 1.29 bits per heavy atom. The topological polar surface area (TPSA) is 29.1 Å². The summed E-state index contributed by atoms with van der Waals surface area (Å²) >= 11 is 9.55. The van der Waals surface area contributed by atoms with Crippen molar-refractivity contribution in [3.05, 3.63) is 68.7 Å². The third kappa shape index (κ3) is 3.14. The summed E-state index contributed by atoms with van der Waals surface area (Å²) in [7, 11) is 0. The van der Waals surface area contributed by atoms with E-state index in [0.29, 0.717) is 16.5 Å². The largest absolute Gasteiger partial charge is 0.349 e. The zero-order valence-corrected chi connectivity index (χ0v) is 13.9. The fourth-order valence-corrected chi connectivity index (χ4v) is 3.21. The molecule has 0 aliphatic heterocycles. The van der Waals surface area contributed by atoms with Gasteiger partial charge in [-0.05, 0) is 48.7 Å². The van der Waals surface area contributed by atoms with Crippen LogP contribution < -0.4 is 5.32 Å². The van der Waals surface area contributed by atoms with Crippen LogP contribution in [0.3, 0.4) is 0 Å². The van der Waals surface area contributed by atoms with Gasteiger partial charge >= 0.3 is 0 Å². The average Bonchev–Trinajstić information content (AvgIpc) is 3.21. The van der Waals surface area contributed by atoms with Gasteiger partial charge in [0, 0.05) is 27.0 Å². The van der Waals surface area contributed by atoms with Gasteiger partial charge in [0.15, 0.2) is 0 Å². The fourth-order valence-electron chi connectivity index (χ4n) is 2.51. The van der Waals surface area contributed by atoms with Gasteiger partial charge < -0.3 is 5.32 Å². The highest BCUT2D eigenvalue weighted by Crippen LogP contribution is 2.43. The lowest BCUT2D eigenvalue weighted by Crippen LogP contribution is -2.26. The minimum Gasteiger partial charge on any atom is -0.349 e. The normalized spacial score (nSPS) is 20.1. The van der Waals surface area contributed by atoms with Gasteiger partial charge in [0.1, 0.15) is 0 Å². The molecule has 2 atom stereocenters. The van der Waals surface area contributed by atoms with E-state index in [1.807, 2.05) is 31.2 Å². The van der Waals surface area contributed by atoms with Gasteiger partial charge in [0.05, 0.1) is 0 Å². The number of hydrogen-bond donors (Lipinski definition) is 1. The third-order valence-corrected chi connectivity index (χ3v) is 4.98. The number of hydrogen-bond acceptors (Lipinski definition) is 1. The number of carbonyl (C=O) groups is 1. The fraction of sp³-hybridized carbons (Fsp3) is 0.235. The van der Waals surface area contributed by atoms with Crippen LogP contribution in [0.15, 0.2) is 46.9 Å². The van der Waals surface area contributed by atoms with E-state index in [1.165, 1.54) is 5.56 Å². The van der Waals surface area contributed by atoms with Crippen LogP contribution in [0, 0.1) is 6.92 Å². The van der Waals surface area contributed by atoms with Gasteiger partial charge in [0.2, 0.25) is 0 Å². The van der Waals surface area contributed by atoms with Crippen LogP contribution in [0.25, 0.3) is 0 Å². The summed E-state index contributed by atoms with van der Waals surface area (Å²) in [5.74, 6) is 0.368. The molecule has 1 aliphatic rings. The van der Waals surface area contributed by atoms with Crippen LogP contribution >= 0.6 is 27.5 Å². The van der Waals surface area contributed by atoms with Crippen molar-refractivity contribution in [3.8, 4) is 0 Å². The summed E-state index contributed by atoms with van der Waals surface area (Å²) in [4.78, 5) is 12.3. The molecule has 0 saturated heterocycles. The van der Waals surface area contributed by atoms with Gasteiger partial charge in [-0.1, -0.05) is 45.7 Å². The summed E-state index contributed by atoms with van der Waals surface area (Å²) in [6.45, 7) is 1.90. The number of nitrogens with one attached hydrogen (secondary N) is 1. The lowest BCUT2D eigenvalue weighted by molar-refractivity contribution is 0.0950. The van der Waals surface area contributed by atoms with Crippen molar-refractivity contribution >= 4 is 33.4 Å². The second-order valence-corrected chi connectivity index (χ2v) is 6.67. The quantitative estimate of drug-likeness (QED) is 0.840. The van der Waals surface area contributed by atoms with Crippen LogP contribution in [0.1, 0.15) is 33.8 Å². The minimum atomic E-state index is -0.0330. The first-order chi connectivity index (χ1) is 10.1. The van der Waals surface area contributed by atoms with Crippen molar-refractivity contribution in [2.45, 2.75) is 25.3 Å². The lowest BCUT2D eigenvalue weighted by atomic mass is 10.1. The Morgan fingerprint density at radius 3 is 2.76 bits per heavy atom. The summed E-state index contributed by atoms with van der Waals surface area (Å²) in [5.41, 5.74) is 2.84. The summed E-state index contributed by atoms with van der Waals surface area (Å²) in [6, 6.07) is 13.7. The predicted molar refractivity (Wildman–Crippen MR) is 88.9 cm³/mol. The Balaban J connectivity index is 1.67. The average molecular weight is 365 g/mol. The van der Waals surface area contributed by atoms with E-state index in [4.69, 9.17) is 11.6 Å². The van der Waals surface area contributed by atoms with E-state index in [2.05, 4.69) is 27.3 Å². The van der Waals surface area contributed by atoms with E-state index in [-0.39, 0.29) is 11.9 Å². The molecule has 108 valence electrons. The van der Waals surface area contributed by atoms with Gasteiger partial charge in [-0.15, -0.1) is 0 Å². The number of halogens is 2. The Morgan fingerprint density at radius 2 is 2.05 bits per heavy atom. The van der Waals surface area contributed by atoms with Crippen LogP contribution in [0.5, 0.6) is 0 Å². The molecule has 1 fully saturated rings. The highest BCUT2D eigenvalue weighted by atomic mass is 79.9. The van der Waals surface area contributed by atoms with Gasteiger partial charge in [0.25, 0.3) is 5.91 Å². The van der Waals surface area contributed by atoms with Crippen LogP contribution in [0.4, 0.5) is 0 Å². The molecule has 21 heavy (non-hydrogen) atoms. The minimum absolute atomic E-state index is 0.0330. The van der Waals surface area contributed by atoms with Crippen molar-refractivity contribution in [2.75, 3.05) is 0 Å².